The molecule has 0 radical (unpaired) electrons. The molecule has 4 nitrogen and oxygen atoms in total. The van der Waals surface area contributed by atoms with Crippen molar-refractivity contribution < 1.29 is 14.3 Å². The van der Waals surface area contributed by atoms with E-state index in [1.165, 1.54) is 18.1 Å². The Hall–Kier alpha value is -2.24. The maximum absolute atomic E-state index is 14.5. The van der Waals surface area contributed by atoms with Crippen molar-refractivity contribution in [2.75, 3.05) is 25.0 Å². The van der Waals surface area contributed by atoms with Crippen LogP contribution in [-0.2, 0) is 17.6 Å². The number of piperidine rings is 1. The first-order chi connectivity index (χ1) is 14.1. The van der Waals surface area contributed by atoms with Gasteiger partial charge >= 0.3 is 0 Å². The summed E-state index contributed by atoms with van der Waals surface area (Å²) in [4.78, 5) is 13.7. The average Bonchev–Trinajstić information content (AvgIpc) is 2.73. The molecular formula is C24H29FN2O2. The fraction of sp³-hybridized carbons (Fsp3) is 0.458. The Balaban J connectivity index is 1.29. The maximum atomic E-state index is 14.5. The van der Waals surface area contributed by atoms with E-state index in [1.54, 1.807) is 6.07 Å². The molecule has 1 amide bonds. The number of aryl methyl sites for hydroxylation is 2. The molecule has 5 heteroatoms. The Labute approximate surface area is 171 Å². The number of hydrogen-bond acceptors (Lipinski definition) is 3. The highest BCUT2D eigenvalue weighted by Crippen LogP contribution is 2.30. The number of anilines is 1. The van der Waals surface area contributed by atoms with Gasteiger partial charge in [0.15, 0.2) is 0 Å². The van der Waals surface area contributed by atoms with Gasteiger partial charge in [0, 0.05) is 24.2 Å². The molecule has 2 heterocycles. The molecule has 0 aliphatic carbocycles. The van der Waals surface area contributed by atoms with Crippen molar-refractivity contribution in [3.63, 3.8) is 0 Å². The molecular weight excluding hydrogens is 367 g/mol. The van der Waals surface area contributed by atoms with E-state index in [-0.39, 0.29) is 5.91 Å². The lowest BCUT2D eigenvalue weighted by Gasteiger charge is -2.33. The number of halogens is 1. The molecule has 1 saturated heterocycles. The van der Waals surface area contributed by atoms with E-state index in [4.69, 9.17) is 0 Å². The van der Waals surface area contributed by atoms with Gasteiger partial charge in [-0.3, -0.25) is 4.79 Å². The summed E-state index contributed by atoms with van der Waals surface area (Å²) in [7, 11) is 0. The molecule has 0 aromatic heterocycles. The van der Waals surface area contributed by atoms with Crippen LogP contribution in [0.2, 0.25) is 0 Å². The minimum absolute atomic E-state index is 0.0830. The third kappa shape index (κ3) is 5.03. The van der Waals surface area contributed by atoms with E-state index in [9.17, 15) is 14.3 Å². The SMILES string of the molecule is O=C1CCc2cc(C(O)CN3CCC(CCc4ccccc4)CC3)c(F)cc2N1. The van der Waals surface area contributed by atoms with Gasteiger partial charge in [0.1, 0.15) is 5.82 Å². The molecule has 0 spiro atoms. The number of hydrogen-bond donors (Lipinski definition) is 2. The zero-order chi connectivity index (χ0) is 20.2. The summed E-state index contributed by atoms with van der Waals surface area (Å²) in [5, 5.41) is 13.4. The monoisotopic (exact) mass is 396 g/mol. The fourth-order valence-corrected chi connectivity index (χ4v) is 4.49. The van der Waals surface area contributed by atoms with E-state index < -0.39 is 11.9 Å². The van der Waals surface area contributed by atoms with Crippen molar-refractivity contribution in [1.29, 1.82) is 0 Å². The van der Waals surface area contributed by atoms with Gasteiger partial charge in [-0.2, -0.15) is 0 Å². The van der Waals surface area contributed by atoms with Crippen LogP contribution in [0.4, 0.5) is 10.1 Å². The number of benzene rings is 2. The Bertz CT molecular complexity index is 847. The predicted octanol–water partition coefficient (Wildman–Crippen LogP) is 4.09. The summed E-state index contributed by atoms with van der Waals surface area (Å²) < 4.78 is 14.5. The van der Waals surface area contributed by atoms with Crippen LogP contribution >= 0.6 is 0 Å². The van der Waals surface area contributed by atoms with Crippen molar-refractivity contribution in [2.24, 2.45) is 5.92 Å². The van der Waals surface area contributed by atoms with Crippen molar-refractivity contribution in [2.45, 2.75) is 44.6 Å². The number of likely N-dealkylation sites (tertiary alicyclic amines) is 1. The molecule has 1 unspecified atom stereocenters. The molecule has 2 N–H and O–H groups in total. The number of carbonyl (C=O) groups excluding carboxylic acids is 1. The van der Waals surface area contributed by atoms with E-state index in [2.05, 4.69) is 40.5 Å². The molecule has 29 heavy (non-hydrogen) atoms. The molecule has 1 atom stereocenters. The molecule has 2 aliphatic heterocycles. The molecule has 1 fully saturated rings. The quantitative estimate of drug-likeness (QED) is 0.773. The highest BCUT2D eigenvalue weighted by molar-refractivity contribution is 5.93. The Kier molecular flexibility index (Phi) is 6.26. The number of β-amino-alcohol motifs (C(OH)–C–C–N with tert-alkyl or cyclic N) is 1. The minimum atomic E-state index is -0.848. The summed E-state index contributed by atoms with van der Waals surface area (Å²) in [6.45, 7) is 2.34. The first kappa shape index (κ1) is 20.0. The molecule has 154 valence electrons. The largest absolute Gasteiger partial charge is 0.387 e. The summed E-state index contributed by atoms with van der Waals surface area (Å²) in [5.41, 5.74) is 3.17. The second-order valence-corrected chi connectivity index (χ2v) is 8.36. The van der Waals surface area contributed by atoms with E-state index in [0.717, 1.165) is 37.9 Å². The molecule has 0 bridgehead atoms. The van der Waals surface area contributed by atoms with Crippen LogP contribution in [-0.4, -0.2) is 35.5 Å². The van der Waals surface area contributed by atoms with Gasteiger partial charge in [0.2, 0.25) is 5.91 Å². The van der Waals surface area contributed by atoms with Crippen LogP contribution in [0.25, 0.3) is 0 Å². The second-order valence-electron chi connectivity index (χ2n) is 8.36. The first-order valence-electron chi connectivity index (χ1n) is 10.6. The van der Waals surface area contributed by atoms with Gasteiger partial charge < -0.3 is 15.3 Å². The minimum Gasteiger partial charge on any atom is -0.387 e. The summed E-state index contributed by atoms with van der Waals surface area (Å²) in [5.74, 6) is 0.184. The average molecular weight is 397 g/mol. The topological polar surface area (TPSA) is 52.6 Å². The van der Waals surface area contributed by atoms with Gasteiger partial charge in [0.05, 0.1) is 6.10 Å². The third-order valence-corrected chi connectivity index (χ3v) is 6.30. The summed E-state index contributed by atoms with van der Waals surface area (Å²) in [6.07, 6.45) is 4.71. The van der Waals surface area contributed by atoms with Crippen molar-refractivity contribution in [3.05, 3.63) is 65.0 Å². The van der Waals surface area contributed by atoms with Gasteiger partial charge in [-0.15, -0.1) is 0 Å². The smallest absolute Gasteiger partial charge is 0.224 e. The second kappa shape index (κ2) is 9.06. The number of fused-ring (bicyclic) bond motifs is 1. The zero-order valence-electron chi connectivity index (χ0n) is 16.7. The number of amides is 1. The lowest BCUT2D eigenvalue weighted by atomic mass is 9.90. The van der Waals surface area contributed by atoms with Crippen molar-refractivity contribution >= 4 is 11.6 Å². The lowest BCUT2D eigenvalue weighted by molar-refractivity contribution is -0.116. The molecule has 0 saturated carbocycles. The number of nitrogens with zero attached hydrogens (tertiary/aromatic N) is 1. The Morgan fingerprint density at radius 3 is 2.66 bits per heavy atom. The lowest BCUT2D eigenvalue weighted by Crippen LogP contribution is -2.37. The third-order valence-electron chi connectivity index (χ3n) is 6.30. The van der Waals surface area contributed by atoms with Crippen LogP contribution in [0.3, 0.4) is 0 Å². The highest BCUT2D eigenvalue weighted by Gasteiger charge is 2.25. The van der Waals surface area contributed by atoms with E-state index >= 15 is 0 Å². The molecule has 2 aromatic carbocycles. The highest BCUT2D eigenvalue weighted by atomic mass is 19.1. The normalized spacial score (nSPS) is 18.9. The summed E-state index contributed by atoms with van der Waals surface area (Å²) >= 11 is 0. The van der Waals surface area contributed by atoms with Gasteiger partial charge in [-0.1, -0.05) is 30.3 Å². The van der Waals surface area contributed by atoms with Crippen LogP contribution in [0, 0.1) is 11.7 Å². The van der Waals surface area contributed by atoms with E-state index in [1.807, 2.05) is 0 Å². The van der Waals surface area contributed by atoms with Gasteiger partial charge in [-0.25, -0.2) is 4.39 Å². The van der Waals surface area contributed by atoms with E-state index in [0.29, 0.717) is 36.6 Å². The number of aliphatic hydroxyl groups is 1. The maximum Gasteiger partial charge on any atom is 0.224 e. The number of nitrogens with one attached hydrogen (secondary N) is 1. The van der Waals surface area contributed by atoms with Gasteiger partial charge in [-0.05, 0) is 74.4 Å². The zero-order valence-corrected chi connectivity index (χ0v) is 16.7. The molecule has 2 aliphatic rings. The molecule has 2 aromatic rings. The van der Waals surface area contributed by atoms with Crippen LogP contribution < -0.4 is 5.32 Å². The fourth-order valence-electron chi connectivity index (χ4n) is 4.49. The number of aliphatic hydroxyl groups excluding tert-OH is 1. The first-order valence-corrected chi connectivity index (χ1v) is 10.6. The van der Waals surface area contributed by atoms with Crippen LogP contribution in [0.1, 0.15) is 48.5 Å². The summed E-state index contributed by atoms with van der Waals surface area (Å²) in [6, 6.07) is 13.7. The van der Waals surface area contributed by atoms with Crippen molar-refractivity contribution in [1.82, 2.24) is 4.90 Å². The van der Waals surface area contributed by atoms with Crippen LogP contribution in [0.5, 0.6) is 0 Å². The Morgan fingerprint density at radius 1 is 1.14 bits per heavy atom. The number of carbonyl (C=O) groups is 1. The Morgan fingerprint density at radius 2 is 1.90 bits per heavy atom. The number of rotatable bonds is 6. The predicted molar refractivity (Wildman–Crippen MR) is 112 cm³/mol. The van der Waals surface area contributed by atoms with Gasteiger partial charge in [0.25, 0.3) is 0 Å². The molecule has 4 rings (SSSR count). The standard InChI is InChI=1S/C24H29FN2O2/c25-21-15-22-19(8-9-24(29)26-22)14-20(21)23(28)16-27-12-10-18(11-13-27)7-6-17-4-2-1-3-5-17/h1-5,14-15,18,23,28H,6-13,16H2,(H,26,29). The van der Waals surface area contributed by atoms with Crippen molar-refractivity contribution in [3.8, 4) is 0 Å². The van der Waals surface area contributed by atoms with Crippen LogP contribution in [0.15, 0.2) is 42.5 Å².